The lowest BCUT2D eigenvalue weighted by Crippen LogP contribution is -2.17. The molecule has 1 atom stereocenters. The Hall–Kier alpha value is -1.30. The molecule has 0 saturated carbocycles. The number of anilines is 1. The third-order valence-corrected chi connectivity index (χ3v) is 1.97. The summed E-state index contributed by atoms with van der Waals surface area (Å²) in [6.45, 7) is 1.99. The number of nitrogens with zero attached hydrogens (tertiary/aromatic N) is 3. The van der Waals surface area contributed by atoms with Crippen LogP contribution in [0, 0.1) is 0 Å². The Morgan fingerprint density at radius 2 is 2.23 bits per heavy atom. The number of hydrogen-bond donors (Lipinski definition) is 2. The van der Waals surface area contributed by atoms with Gasteiger partial charge in [-0.2, -0.15) is 0 Å². The Kier molecular flexibility index (Phi) is 3.07. The summed E-state index contributed by atoms with van der Waals surface area (Å²) in [6.07, 6.45) is 1.76. The van der Waals surface area contributed by atoms with Crippen LogP contribution in [-0.2, 0) is 11.2 Å². The quantitative estimate of drug-likeness (QED) is 0.619. The predicted molar refractivity (Wildman–Crippen MR) is 49.4 cm³/mol. The zero-order valence-electron chi connectivity index (χ0n) is 7.90. The molecule has 1 aromatic heterocycles. The maximum atomic E-state index is 5.56. The van der Waals surface area contributed by atoms with E-state index in [1.165, 1.54) is 4.68 Å². The highest BCUT2D eigenvalue weighted by Crippen LogP contribution is 2.04. The van der Waals surface area contributed by atoms with Crippen molar-refractivity contribution in [2.24, 2.45) is 0 Å². The standard InChI is InChI=1S/C7H15N5O/c1-5(13-2)3-4-6-10-11-7(8)12(6)9/h5H,3-4,9H2,1-2H3,(H2,8,11). The van der Waals surface area contributed by atoms with Gasteiger partial charge in [0, 0.05) is 13.5 Å². The van der Waals surface area contributed by atoms with Crippen LogP contribution in [0.3, 0.4) is 0 Å². The fourth-order valence-corrected chi connectivity index (χ4v) is 0.958. The number of nitrogens with two attached hydrogens (primary N) is 2. The molecular weight excluding hydrogens is 170 g/mol. The van der Waals surface area contributed by atoms with Gasteiger partial charge in [0.2, 0.25) is 5.95 Å². The monoisotopic (exact) mass is 185 g/mol. The number of nitrogen functional groups attached to an aromatic ring is 2. The van der Waals surface area contributed by atoms with Crippen molar-refractivity contribution in [1.82, 2.24) is 14.9 Å². The molecule has 0 radical (unpaired) electrons. The van der Waals surface area contributed by atoms with Crippen molar-refractivity contribution in [3.8, 4) is 0 Å². The maximum Gasteiger partial charge on any atom is 0.240 e. The predicted octanol–water partition coefficient (Wildman–Crippen LogP) is -0.458. The van der Waals surface area contributed by atoms with Crippen LogP contribution in [0.2, 0.25) is 0 Å². The van der Waals surface area contributed by atoms with E-state index in [2.05, 4.69) is 10.2 Å². The van der Waals surface area contributed by atoms with Gasteiger partial charge in [-0.15, -0.1) is 10.2 Å². The first-order chi connectivity index (χ1) is 6.15. The normalized spacial score (nSPS) is 13.1. The average Bonchev–Trinajstić information content (AvgIpc) is 2.44. The van der Waals surface area contributed by atoms with Gasteiger partial charge in [-0.25, -0.2) is 4.68 Å². The molecule has 6 nitrogen and oxygen atoms in total. The van der Waals surface area contributed by atoms with E-state index < -0.39 is 0 Å². The van der Waals surface area contributed by atoms with E-state index in [4.69, 9.17) is 16.3 Å². The van der Waals surface area contributed by atoms with E-state index in [0.29, 0.717) is 5.82 Å². The van der Waals surface area contributed by atoms with Gasteiger partial charge in [0.05, 0.1) is 6.10 Å². The Labute approximate surface area is 76.8 Å². The highest BCUT2D eigenvalue weighted by atomic mass is 16.5. The molecule has 4 N–H and O–H groups in total. The summed E-state index contributed by atoms with van der Waals surface area (Å²) in [5.74, 6) is 6.47. The highest BCUT2D eigenvalue weighted by molar-refractivity contribution is 5.17. The topological polar surface area (TPSA) is 92.0 Å². The molecule has 1 rings (SSSR count). The largest absolute Gasteiger partial charge is 0.382 e. The molecule has 74 valence electrons. The second-order valence-corrected chi connectivity index (χ2v) is 2.93. The minimum absolute atomic E-state index is 0.193. The number of ether oxygens (including phenoxy) is 1. The van der Waals surface area contributed by atoms with E-state index >= 15 is 0 Å². The van der Waals surface area contributed by atoms with Crippen molar-refractivity contribution in [2.45, 2.75) is 25.9 Å². The fourth-order valence-electron chi connectivity index (χ4n) is 0.958. The zero-order valence-corrected chi connectivity index (χ0v) is 7.90. The molecule has 13 heavy (non-hydrogen) atoms. The van der Waals surface area contributed by atoms with Crippen LogP contribution in [-0.4, -0.2) is 28.1 Å². The lowest BCUT2D eigenvalue weighted by atomic mass is 10.2. The summed E-state index contributed by atoms with van der Waals surface area (Å²) in [5.41, 5.74) is 5.41. The summed E-state index contributed by atoms with van der Waals surface area (Å²) in [4.78, 5) is 0. The summed E-state index contributed by atoms with van der Waals surface area (Å²) < 4.78 is 6.38. The van der Waals surface area contributed by atoms with Gasteiger partial charge < -0.3 is 16.3 Å². The second-order valence-electron chi connectivity index (χ2n) is 2.93. The van der Waals surface area contributed by atoms with Gasteiger partial charge in [0.25, 0.3) is 0 Å². The summed E-state index contributed by atoms with van der Waals surface area (Å²) in [6, 6.07) is 0. The zero-order chi connectivity index (χ0) is 9.84. The van der Waals surface area contributed by atoms with Crippen molar-refractivity contribution in [3.05, 3.63) is 5.82 Å². The van der Waals surface area contributed by atoms with Crippen molar-refractivity contribution in [1.29, 1.82) is 0 Å². The van der Waals surface area contributed by atoms with Crippen LogP contribution in [0.5, 0.6) is 0 Å². The fraction of sp³-hybridized carbons (Fsp3) is 0.714. The van der Waals surface area contributed by atoms with Crippen LogP contribution in [0.4, 0.5) is 5.95 Å². The molecule has 0 fully saturated rings. The molecule has 0 aliphatic carbocycles. The van der Waals surface area contributed by atoms with E-state index in [1.807, 2.05) is 6.92 Å². The first-order valence-corrected chi connectivity index (χ1v) is 4.12. The van der Waals surface area contributed by atoms with Crippen molar-refractivity contribution in [2.75, 3.05) is 18.7 Å². The average molecular weight is 185 g/mol. The number of hydrogen-bond acceptors (Lipinski definition) is 5. The molecule has 0 amide bonds. The molecule has 1 unspecified atom stereocenters. The van der Waals surface area contributed by atoms with Crippen molar-refractivity contribution >= 4 is 5.95 Å². The Balaban J connectivity index is 2.50. The van der Waals surface area contributed by atoms with Crippen LogP contribution in [0.25, 0.3) is 0 Å². The van der Waals surface area contributed by atoms with Crippen LogP contribution < -0.4 is 11.6 Å². The van der Waals surface area contributed by atoms with Gasteiger partial charge in [-0.3, -0.25) is 0 Å². The number of methoxy groups -OCH3 is 1. The molecule has 1 heterocycles. The second kappa shape index (κ2) is 4.08. The number of rotatable bonds is 4. The van der Waals surface area contributed by atoms with E-state index in [1.54, 1.807) is 7.11 Å². The van der Waals surface area contributed by atoms with E-state index in [0.717, 1.165) is 12.8 Å². The molecule has 0 bridgehead atoms. The van der Waals surface area contributed by atoms with Crippen LogP contribution >= 0.6 is 0 Å². The Bertz CT molecular complexity index is 272. The van der Waals surface area contributed by atoms with E-state index in [-0.39, 0.29) is 12.1 Å². The first kappa shape index (κ1) is 9.79. The molecule has 0 aliphatic heterocycles. The Morgan fingerprint density at radius 3 is 2.69 bits per heavy atom. The van der Waals surface area contributed by atoms with E-state index in [9.17, 15) is 0 Å². The lowest BCUT2D eigenvalue weighted by molar-refractivity contribution is 0.110. The highest BCUT2D eigenvalue weighted by Gasteiger charge is 2.08. The first-order valence-electron chi connectivity index (χ1n) is 4.12. The molecule has 0 spiro atoms. The van der Waals surface area contributed by atoms with Crippen molar-refractivity contribution in [3.63, 3.8) is 0 Å². The van der Waals surface area contributed by atoms with Gasteiger partial charge in [-0.05, 0) is 13.3 Å². The summed E-state index contributed by atoms with van der Waals surface area (Å²) >= 11 is 0. The minimum Gasteiger partial charge on any atom is -0.382 e. The molecule has 6 heteroatoms. The van der Waals surface area contributed by atoms with Crippen molar-refractivity contribution < 1.29 is 4.74 Å². The third-order valence-electron chi connectivity index (χ3n) is 1.97. The van der Waals surface area contributed by atoms with Gasteiger partial charge >= 0.3 is 0 Å². The summed E-state index contributed by atoms with van der Waals surface area (Å²) in [7, 11) is 1.67. The van der Waals surface area contributed by atoms with Crippen LogP contribution in [0.1, 0.15) is 19.2 Å². The van der Waals surface area contributed by atoms with Gasteiger partial charge in [0.15, 0.2) is 5.82 Å². The maximum absolute atomic E-state index is 5.56. The number of aromatic nitrogens is 3. The molecule has 0 aliphatic rings. The molecule has 0 saturated heterocycles. The molecular formula is C7H15N5O. The smallest absolute Gasteiger partial charge is 0.240 e. The summed E-state index contributed by atoms with van der Waals surface area (Å²) in [5, 5.41) is 7.47. The molecule has 0 aromatic carbocycles. The SMILES string of the molecule is COC(C)CCc1nnc(N)n1N. The van der Waals surface area contributed by atoms with Gasteiger partial charge in [-0.1, -0.05) is 0 Å². The van der Waals surface area contributed by atoms with Gasteiger partial charge in [0.1, 0.15) is 0 Å². The number of aryl methyl sites for hydroxylation is 1. The molecule has 1 aromatic rings. The third kappa shape index (κ3) is 2.32. The Morgan fingerprint density at radius 1 is 1.54 bits per heavy atom. The lowest BCUT2D eigenvalue weighted by Gasteiger charge is -2.07. The minimum atomic E-state index is 0.193. The van der Waals surface area contributed by atoms with Crippen LogP contribution in [0.15, 0.2) is 0 Å².